The van der Waals surface area contributed by atoms with Crippen LogP contribution in [0.2, 0.25) is 0 Å². The summed E-state index contributed by atoms with van der Waals surface area (Å²) in [6, 6.07) is 16.1. The monoisotopic (exact) mass is 425 g/mol. The molecule has 0 heterocycles. The average Bonchev–Trinajstić information content (AvgIpc) is 2.69. The third-order valence-corrected chi connectivity index (χ3v) is 5.93. The molecule has 4 unspecified atom stereocenters. The Labute approximate surface area is 169 Å². The number of hydrogen-bond donors (Lipinski definition) is 1. The molecule has 1 aliphatic rings. The predicted octanol–water partition coefficient (Wildman–Crippen LogP) is 2.87. The van der Waals surface area contributed by atoms with Gasteiger partial charge in [0.05, 0.1) is 11.5 Å². The van der Waals surface area contributed by atoms with E-state index in [1.807, 2.05) is 36.4 Å². The Balaban J connectivity index is 1.84. The molecule has 0 aliphatic heterocycles. The van der Waals surface area contributed by atoms with Crippen molar-refractivity contribution >= 4 is 22.2 Å². The molecular weight excluding hydrogens is 400 g/mol. The third-order valence-electron chi connectivity index (χ3n) is 4.63. The highest BCUT2D eigenvalue weighted by atomic mass is 32.2. The molecule has 0 spiro atoms. The quantitative estimate of drug-likeness (QED) is 0.359. The van der Waals surface area contributed by atoms with Crippen LogP contribution in [0.25, 0.3) is 11.1 Å². The summed E-state index contributed by atoms with van der Waals surface area (Å²) in [6.45, 7) is 0.733. The van der Waals surface area contributed by atoms with Gasteiger partial charge in [0, 0.05) is 13.2 Å². The zero-order valence-electron chi connectivity index (χ0n) is 15.4. The van der Waals surface area contributed by atoms with Gasteiger partial charge < -0.3 is 18.6 Å². The molecule has 3 rings (SSSR count). The SMILES string of the molecule is O=S(O)CCCOC1c2ccccc2-c2ccccc2C1OCCCS(=O)[OH2+]. The Morgan fingerprint density at radius 2 is 1.29 bits per heavy atom. The van der Waals surface area contributed by atoms with Crippen LogP contribution in [0.3, 0.4) is 0 Å². The number of hydrogen-bond acceptors (Lipinski definition) is 4. The molecule has 0 saturated carbocycles. The van der Waals surface area contributed by atoms with Crippen LogP contribution in [-0.2, 0) is 31.6 Å². The van der Waals surface area contributed by atoms with E-state index in [2.05, 4.69) is 12.1 Å². The van der Waals surface area contributed by atoms with Gasteiger partial charge in [-0.15, -0.1) is 0 Å². The van der Waals surface area contributed by atoms with Crippen LogP contribution in [0.5, 0.6) is 0 Å². The van der Waals surface area contributed by atoms with Gasteiger partial charge in [-0.25, -0.2) is 4.21 Å². The molecule has 4 atom stereocenters. The summed E-state index contributed by atoms with van der Waals surface area (Å²) in [5.41, 5.74) is 4.26. The topological polar surface area (TPSA) is 95.7 Å². The lowest BCUT2D eigenvalue weighted by atomic mass is 9.82. The normalized spacial score (nSPS) is 20.2. The maximum absolute atomic E-state index is 11.0. The number of fused-ring (bicyclic) bond motifs is 3. The highest BCUT2D eigenvalue weighted by molar-refractivity contribution is 7.79. The number of benzene rings is 2. The van der Waals surface area contributed by atoms with Crippen LogP contribution < -0.4 is 0 Å². The Kier molecular flexibility index (Phi) is 7.90. The van der Waals surface area contributed by atoms with E-state index < -0.39 is 22.2 Å². The smallest absolute Gasteiger partial charge is 0.300 e. The molecule has 0 fully saturated rings. The first kappa shape index (κ1) is 21.3. The van der Waals surface area contributed by atoms with Gasteiger partial charge in [0.25, 0.3) is 0 Å². The van der Waals surface area contributed by atoms with Crippen molar-refractivity contribution in [3.8, 4) is 11.1 Å². The number of ether oxygens (including phenoxy) is 2. The summed E-state index contributed by atoms with van der Waals surface area (Å²) in [4.78, 5) is 0. The van der Waals surface area contributed by atoms with E-state index in [-0.39, 0.29) is 23.7 Å². The van der Waals surface area contributed by atoms with Crippen LogP contribution in [0.15, 0.2) is 48.5 Å². The number of rotatable bonds is 10. The zero-order chi connectivity index (χ0) is 19.9. The van der Waals surface area contributed by atoms with E-state index in [1.54, 1.807) is 0 Å². The second-order valence-electron chi connectivity index (χ2n) is 6.54. The lowest BCUT2D eigenvalue weighted by Gasteiger charge is -2.35. The van der Waals surface area contributed by atoms with Gasteiger partial charge in [0.15, 0.2) is 11.1 Å². The van der Waals surface area contributed by atoms with Crippen LogP contribution in [0.1, 0.15) is 36.2 Å². The molecule has 28 heavy (non-hydrogen) atoms. The average molecular weight is 426 g/mol. The Morgan fingerprint density at radius 3 is 1.75 bits per heavy atom. The Bertz CT molecular complexity index is 771. The van der Waals surface area contributed by atoms with Gasteiger partial charge in [-0.05, 0) is 35.1 Å². The van der Waals surface area contributed by atoms with Gasteiger partial charge in [-0.3, -0.25) is 0 Å². The minimum atomic E-state index is -1.83. The molecule has 3 N–H and O–H groups in total. The van der Waals surface area contributed by atoms with Crippen LogP contribution in [0.4, 0.5) is 0 Å². The zero-order valence-corrected chi connectivity index (χ0v) is 17.0. The minimum absolute atomic E-state index is 0.172. The van der Waals surface area contributed by atoms with Crippen molar-refractivity contribution < 1.29 is 27.0 Å². The van der Waals surface area contributed by atoms with E-state index in [9.17, 15) is 8.42 Å². The molecule has 2 aromatic carbocycles. The molecule has 6 nitrogen and oxygen atoms in total. The summed E-state index contributed by atoms with van der Waals surface area (Å²) in [5.74, 6) is 0.449. The van der Waals surface area contributed by atoms with E-state index >= 15 is 0 Å². The molecule has 0 amide bonds. The second-order valence-corrected chi connectivity index (χ2v) is 8.69. The van der Waals surface area contributed by atoms with Crippen LogP contribution in [0, 0.1) is 0 Å². The van der Waals surface area contributed by atoms with E-state index in [1.165, 1.54) is 0 Å². The van der Waals surface area contributed by atoms with E-state index in [0.717, 1.165) is 22.3 Å². The standard InChI is InChI=1S/C20H24O6S2/c21-27(22)13-5-11-25-19-17-9-3-1-7-15(17)16-8-2-4-10-18(16)20(19)26-12-6-14-28(23)24/h1-4,7-10,19-20H,5-6,11-14H2,(H,21,22)(H,23,24)/p+1. The first-order valence-electron chi connectivity index (χ1n) is 9.16. The molecule has 0 radical (unpaired) electrons. The van der Waals surface area contributed by atoms with Crippen molar-refractivity contribution in [2.24, 2.45) is 0 Å². The summed E-state index contributed by atoms with van der Waals surface area (Å²) < 4.78 is 50.3. The van der Waals surface area contributed by atoms with Crippen molar-refractivity contribution in [2.75, 3.05) is 24.7 Å². The maximum Gasteiger partial charge on any atom is 0.300 e. The summed E-state index contributed by atoms with van der Waals surface area (Å²) in [6.07, 6.45) is 0.352. The largest absolute Gasteiger partial charge is 0.370 e. The van der Waals surface area contributed by atoms with Crippen molar-refractivity contribution in [1.82, 2.24) is 0 Å². The molecule has 0 bridgehead atoms. The molecule has 152 valence electrons. The molecular formula is C20H25O6S2+. The van der Waals surface area contributed by atoms with E-state index in [0.29, 0.717) is 26.1 Å². The van der Waals surface area contributed by atoms with Gasteiger partial charge in [0.2, 0.25) is 0 Å². The summed E-state index contributed by atoms with van der Waals surface area (Å²) in [5, 5.41) is 0. The lowest BCUT2D eigenvalue weighted by molar-refractivity contribution is -0.0788. The fraction of sp³-hybridized carbons (Fsp3) is 0.400. The summed E-state index contributed by atoms with van der Waals surface area (Å²) >= 11 is -3.42. The van der Waals surface area contributed by atoms with Crippen molar-refractivity contribution in [3.63, 3.8) is 0 Å². The first-order valence-corrected chi connectivity index (χ1v) is 11.8. The first-order chi connectivity index (χ1) is 13.6. The molecule has 2 aromatic rings. The van der Waals surface area contributed by atoms with Crippen LogP contribution >= 0.6 is 0 Å². The predicted molar refractivity (Wildman–Crippen MR) is 111 cm³/mol. The van der Waals surface area contributed by atoms with Crippen LogP contribution in [-0.4, -0.2) is 42.2 Å². The van der Waals surface area contributed by atoms with Gasteiger partial charge >= 0.3 is 11.1 Å². The minimum Gasteiger partial charge on any atom is -0.370 e. The maximum atomic E-state index is 11.0. The Hall–Kier alpha value is -1.42. The molecule has 0 aromatic heterocycles. The second kappa shape index (κ2) is 10.4. The molecule has 8 heteroatoms. The van der Waals surface area contributed by atoms with Gasteiger partial charge in [-0.1, -0.05) is 48.5 Å². The summed E-state index contributed by atoms with van der Waals surface area (Å²) in [7, 11) is 0. The Morgan fingerprint density at radius 1 is 0.821 bits per heavy atom. The van der Waals surface area contributed by atoms with Crippen molar-refractivity contribution in [1.29, 1.82) is 0 Å². The van der Waals surface area contributed by atoms with Gasteiger partial charge in [-0.2, -0.15) is 4.21 Å². The fourth-order valence-corrected chi connectivity index (χ4v) is 4.20. The molecule has 1 aliphatic carbocycles. The van der Waals surface area contributed by atoms with E-state index in [4.69, 9.17) is 18.6 Å². The highest BCUT2D eigenvalue weighted by Crippen LogP contribution is 2.47. The van der Waals surface area contributed by atoms with Gasteiger partial charge in [0.1, 0.15) is 12.2 Å². The molecule has 0 saturated heterocycles. The highest BCUT2D eigenvalue weighted by Gasteiger charge is 2.34. The lowest BCUT2D eigenvalue weighted by Crippen LogP contribution is -2.24. The van der Waals surface area contributed by atoms with Crippen molar-refractivity contribution in [2.45, 2.75) is 25.0 Å². The van der Waals surface area contributed by atoms with Crippen molar-refractivity contribution in [3.05, 3.63) is 59.7 Å². The third kappa shape index (κ3) is 5.34. The fourth-order valence-electron chi connectivity index (χ4n) is 3.45.